The molecule has 94 valence electrons. The van der Waals surface area contributed by atoms with Crippen molar-refractivity contribution < 1.29 is 9.53 Å². The Morgan fingerprint density at radius 2 is 2.06 bits per heavy atom. The SMILES string of the molecule is CC(C)(C)OC(=O)NCc1cccc(CBr)n1. The summed E-state index contributed by atoms with van der Waals surface area (Å²) in [6.45, 7) is 5.86. The van der Waals surface area contributed by atoms with Crippen LogP contribution in [0.3, 0.4) is 0 Å². The molecule has 5 heteroatoms. The highest BCUT2D eigenvalue weighted by molar-refractivity contribution is 9.08. The lowest BCUT2D eigenvalue weighted by Gasteiger charge is -2.19. The highest BCUT2D eigenvalue weighted by atomic mass is 79.9. The van der Waals surface area contributed by atoms with E-state index in [4.69, 9.17) is 4.74 Å². The normalized spacial score (nSPS) is 11.1. The van der Waals surface area contributed by atoms with Crippen LogP contribution in [0.5, 0.6) is 0 Å². The minimum Gasteiger partial charge on any atom is -0.444 e. The van der Waals surface area contributed by atoms with E-state index in [-0.39, 0.29) is 0 Å². The number of hydrogen-bond donors (Lipinski definition) is 1. The molecule has 1 N–H and O–H groups in total. The van der Waals surface area contributed by atoms with Crippen molar-refractivity contribution in [3.63, 3.8) is 0 Å². The molecule has 1 rings (SSSR count). The van der Waals surface area contributed by atoms with E-state index in [0.29, 0.717) is 11.9 Å². The van der Waals surface area contributed by atoms with E-state index in [1.54, 1.807) is 0 Å². The second-order valence-electron chi connectivity index (χ2n) is 4.61. The number of amides is 1. The third-order valence-electron chi connectivity index (χ3n) is 1.81. The van der Waals surface area contributed by atoms with Gasteiger partial charge in [-0.15, -0.1) is 0 Å². The topological polar surface area (TPSA) is 51.2 Å². The molecule has 0 saturated carbocycles. The number of ether oxygens (including phenoxy) is 1. The quantitative estimate of drug-likeness (QED) is 0.873. The summed E-state index contributed by atoms with van der Waals surface area (Å²) in [5.74, 6) is 0. The number of nitrogens with one attached hydrogen (secondary N) is 1. The van der Waals surface area contributed by atoms with Crippen molar-refractivity contribution in [3.8, 4) is 0 Å². The van der Waals surface area contributed by atoms with Crippen molar-refractivity contribution >= 4 is 22.0 Å². The highest BCUT2D eigenvalue weighted by Crippen LogP contribution is 2.07. The molecule has 0 aliphatic rings. The molecule has 1 amide bonds. The zero-order valence-corrected chi connectivity index (χ0v) is 11.9. The van der Waals surface area contributed by atoms with Gasteiger partial charge in [-0.05, 0) is 32.9 Å². The summed E-state index contributed by atoms with van der Waals surface area (Å²) in [7, 11) is 0. The van der Waals surface area contributed by atoms with E-state index < -0.39 is 11.7 Å². The number of pyridine rings is 1. The number of alkyl halides is 1. The molecule has 0 fully saturated rings. The van der Waals surface area contributed by atoms with E-state index >= 15 is 0 Å². The van der Waals surface area contributed by atoms with Crippen LogP contribution >= 0.6 is 15.9 Å². The van der Waals surface area contributed by atoms with Gasteiger partial charge in [-0.1, -0.05) is 22.0 Å². The number of carbonyl (C=O) groups is 1. The first-order chi connectivity index (χ1) is 7.90. The van der Waals surface area contributed by atoms with Gasteiger partial charge in [0.25, 0.3) is 0 Å². The van der Waals surface area contributed by atoms with E-state index in [9.17, 15) is 4.79 Å². The van der Waals surface area contributed by atoms with E-state index in [2.05, 4.69) is 26.2 Å². The van der Waals surface area contributed by atoms with Crippen LogP contribution in [-0.4, -0.2) is 16.7 Å². The third-order valence-corrected chi connectivity index (χ3v) is 2.39. The van der Waals surface area contributed by atoms with Gasteiger partial charge in [0, 0.05) is 5.33 Å². The Kier molecular flexibility index (Phi) is 4.93. The number of halogens is 1. The molecule has 1 heterocycles. The van der Waals surface area contributed by atoms with Gasteiger partial charge in [0.2, 0.25) is 0 Å². The monoisotopic (exact) mass is 300 g/mol. The maximum atomic E-state index is 11.4. The number of nitrogens with zero attached hydrogens (tertiary/aromatic N) is 1. The van der Waals surface area contributed by atoms with Gasteiger partial charge in [0.1, 0.15) is 5.60 Å². The molecule has 0 aromatic carbocycles. The minimum absolute atomic E-state index is 0.371. The summed E-state index contributed by atoms with van der Waals surface area (Å²) in [5.41, 5.74) is 1.27. The largest absolute Gasteiger partial charge is 0.444 e. The van der Waals surface area contributed by atoms with Crippen LogP contribution in [0.25, 0.3) is 0 Å². The molecular formula is C12H17BrN2O2. The Morgan fingerprint density at radius 3 is 2.65 bits per heavy atom. The number of aromatic nitrogens is 1. The standard InChI is InChI=1S/C12H17BrN2O2/c1-12(2,3)17-11(16)14-8-10-6-4-5-9(7-13)15-10/h4-6H,7-8H2,1-3H3,(H,14,16). The van der Waals surface area contributed by atoms with Crippen LogP contribution in [0.4, 0.5) is 4.79 Å². The van der Waals surface area contributed by atoms with Gasteiger partial charge in [0.05, 0.1) is 17.9 Å². The molecule has 0 saturated heterocycles. The predicted molar refractivity (Wildman–Crippen MR) is 69.9 cm³/mol. The van der Waals surface area contributed by atoms with Gasteiger partial charge in [-0.2, -0.15) is 0 Å². The van der Waals surface area contributed by atoms with Gasteiger partial charge in [0.15, 0.2) is 0 Å². The molecule has 4 nitrogen and oxygen atoms in total. The number of alkyl carbamates (subject to hydrolysis) is 1. The van der Waals surface area contributed by atoms with Gasteiger partial charge < -0.3 is 10.1 Å². The number of rotatable bonds is 3. The molecule has 1 aromatic heterocycles. The molecule has 0 bridgehead atoms. The Balaban J connectivity index is 2.47. The zero-order valence-electron chi connectivity index (χ0n) is 10.3. The lowest BCUT2D eigenvalue weighted by Crippen LogP contribution is -2.32. The molecule has 1 aromatic rings. The second kappa shape index (κ2) is 6.00. The first-order valence-electron chi connectivity index (χ1n) is 5.38. The average Bonchev–Trinajstić information content (AvgIpc) is 2.24. The zero-order chi connectivity index (χ0) is 12.9. The lowest BCUT2D eigenvalue weighted by atomic mass is 10.2. The molecule has 0 aliphatic heterocycles. The summed E-state index contributed by atoms with van der Waals surface area (Å²) < 4.78 is 5.13. The maximum Gasteiger partial charge on any atom is 0.407 e. The van der Waals surface area contributed by atoms with Crippen molar-refractivity contribution in [2.45, 2.75) is 38.2 Å². The fraction of sp³-hybridized carbons (Fsp3) is 0.500. The Bertz CT molecular complexity index is 388. The lowest BCUT2D eigenvalue weighted by molar-refractivity contribution is 0.0523. The summed E-state index contributed by atoms with van der Waals surface area (Å²) in [4.78, 5) is 15.8. The van der Waals surface area contributed by atoms with E-state index in [1.165, 1.54) is 0 Å². The first kappa shape index (κ1) is 14.0. The van der Waals surface area contributed by atoms with Crippen LogP contribution in [0, 0.1) is 0 Å². The van der Waals surface area contributed by atoms with Crippen molar-refractivity contribution in [2.75, 3.05) is 0 Å². The highest BCUT2D eigenvalue weighted by Gasteiger charge is 2.15. The molecule has 0 unspecified atom stereocenters. The summed E-state index contributed by atoms with van der Waals surface area (Å²) in [6, 6.07) is 5.70. The molecular weight excluding hydrogens is 284 g/mol. The van der Waals surface area contributed by atoms with E-state index in [1.807, 2.05) is 39.0 Å². The first-order valence-corrected chi connectivity index (χ1v) is 6.50. The molecule has 0 radical (unpaired) electrons. The van der Waals surface area contributed by atoms with Crippen molar-refractivity contribution in [1.82, 2.24) is 10.3 Å². The minimum atomic E-state index is -0.477. The second-order valence-corrected chi connectivity index (χ2v) is 5.17. The summed E-state index contributed by atoms with van der Waals surface area (Å²) >= 11 is 3.34. The van der Waals surface area contributed by atoms with Gasteiger partial charge >= 0.3 is 6.09 Å². The molecule has 0 spiro atoms. The Labute approximate surface area is 110 Å². The van der Waals surface area contributed by atoms with Crippen molar-refractivity contribution in [2.24, 2.45) is 0 Å². The van der Waals surface area contributed by atoms with Crippen molar-refractivity contribution in [1.29, 1.82) is 0 Å². The van der Waals surface area contributed by atoms with Crippen LogP contribution in [0.2, 0.25) is 0 Å². The van der Waals surface area contributed by atoms with Crippen LogP contribution in [0.1, 0.15) is 32.2 Å². The fourth-order valence-electron chi connectivity index (χ4n) is 1.18. The van der Waals surface area contributed by atoms with Crippen LogP contribution in [-0.2, 0) is 16.6 Å². The van der Waals surface area contributed by atoms with Gasteiger partial charge in [-0.25, -0.2) is 4.79 Å². The van der Waals surface area contributed by atoms with Crippen LogP contribution < -0.4 is 5.32 Å². The fourth-order valence-corrected chi connectivity index (χ4v) is 1.49. The summed E-state index contributed by atoms with van der Waals surface area (Å²) in [5, 5.41) is 3.37. The van der Waals surface area contributed by atoms with Crippen LogP contribution in [0.15, 0.2) is 18.2 Å². The number of carbonyl (C=O) groups excluding carboxylic acids is 1. The van der Waals surface area contributed by atoms with E-state index in [0.717, 1.165) is 11.4 Å². The summed E-state index contributed by atoms with van der Waals surface area (Å²) in [6.07, 6.45) is -0.427. The maximum absolute atomic E-state index is 11.4. The van der Waals surface area contributed by atoms with Crippen molar-refractivity contribution in [3.05, 3.63) is 29.6 Å². The Hall–Kier alpha value is -1.10. The molecule has 0 atom stereocenters. The smallest absolute Gasteiger partial charge is 0.407 e. The molecule has 0 aliphatic carbocycles. The third kappa shape index (κ3) is 5.68. The van der Waals surface area contributed by atoms with Gasteiger partial charge in [-0.3, -0.25) is 4.98 Å². The Morgan fingerprint density at radius 1 is 1.41 bits per heavy atom. The average molecular weight is 301 g/mol. The number of hydrogen-bond acceptors (Lipinski definition) is 3. The molecule has 17 heavy (non-hydrogen) atoms. The predicted octanol–water partition coefficient (Wildman–Crippen LogP) is 3.00.